The predicted octanol–water partition coefficient (Wildman–Crippen LogP) is 2.37. The normalized spacial score (nSPS) is 17.1. The smallest absolute Gasteiger partial charge is 0.314 e. The zero-order valence-corrected chi connectivity index (χ0v) is 12.4. The standard InChI is InChI=1S/C13H13F2N5OS/c1-20(8-3-2-4-16-5-8)7-10-17-6-9(22-10)12-18-19-13(21-12)11(14)15/h2-6,11-12,18H,7H2,1H3. The van der Waals surface area contributed by atoms with Crippen LogP contribution in [0, 0.1) is 0 Å². The monoisotopic (exact) mass is 325 g/mol. The minimum absolute atomic E-state index is 0.589. The highest BCUT2D eigenvalue weighted by Gasteiger charge is 2.28. The molecule has 0 fully saturated rings. The molecular formula is C13H13F2N5OS. The van der Waals surface area contributed by atoms with Crippen LogP contribution >= 0.6 is 11.3 Å². The minimum atomic E-state index is -2.72. The van der Waals surface area contributed by atoms with E-state index in [9.17, 15) is 8.78 Å². The van der Waals surface area contributed by atoms with Gasteiger partial charge in [0.15, 0.2) is 0 Å². The van der Waals surface area contributed by atoms with Gasteiger partial charge in [-0.15, -0.1) is 16.4 Å². The first-order valence-electron chi connectivity index (χ1n) is 6.47. The number of nitrogens with zero attached hydrogens (tertiary/aromatic N) is 4. The van der Waals surface area contributed by atoms with Crippen molar-refractivity contribution in [1.29, 1.82) is 0 Å². The Hall–Kier alpha value is -2.29. The lowest BCUT2D eigenvalue weighted by molar-refractivity contribution is 0.136. The van der Waals surface area contributed by atoms with Crippen molar-refractivity contribution in [3.8, 4) is 0 Å². The molecule has 1 aliphatic rings. The first kappa shape index (κ1) is 14.6. The summed E-state index contributed by atoms with van der Waals surface area (Å²) in [5.41, 5.74) is 3.51. The van der Waals surface area contributed by atoms with Gasteiger partial charge in [0.2, 0.25) is 6.23 Å². The average Bonchev–Trinajstić information content (AvgIpc) is 3.16. The lowest BCUT2D eigenvalue weighted by Crippen LogP contribution is -2.16. The molecule has 116 valence electrons. The molecule has 1 unspecified atom stereocenters. The van der Waals surface area contributed by atoms with Gasteiger partial charge in [-0.25, -0.2) is 4.98 Å². The van der Waals surface area contributed by atoms with E-state index in [-0.39, 0.29) is 0 Å². The molecule has 0 aliphatic carbocycles. The molecule has 22 heavy (non-hydrogen) atoms. The van der Waals surface area contributed by atoms with Gasteiger partial charge in [0.25, 0.3) is 5.90 Å². The Morgan fingerprint density at radius 3 is 3.00 bits per heavy atom. The zero-order chi connectivity index (χ0) is 15.5. The Morgan fingerprint density at radius 1 is 1.45 bits per heavy atom. The van der Waals surface area contributed by atoms with Crippen molar-refractivity contribution in [2.45, 2.75) is 19.2 Å². The summed E-state index contributed by atoms with van der Waals surface area (Å²) in [6.07, 6.45) is 1.67. The van der Waals surface area contributed by atoms with Crippen LogP contribution in [-0.2, 0) is 11.3 Å². The van der Waals surface area contributed by atoms with Crippen molar-refractivity contribution in [2.24, 2.45) is 5.10 Å². The van der Waals surface area contributed by atoms with Crippen molar-refractivity contribution >= 4 is 22.9 Å². The molecule has 1 atom stereocenters. The van der Waals surface area contributed by atoms with E-state index in [1.54, 1.807) is 18.6 Å². The third-order valence-corrected chi connectivity index (χ3v) is 4.03. The van der Waals surface area contributed by atoms with Crippen molar-refractivity contribution in [3.05, 3.63) is 40.6 Å². The van der Waals surface area contributed by atoms with Crippen LogP contribution in [0.3, 0.4) is 0 Å². The highest BCUT2D eigenvalue weighted by atomic mass is 32.1. The van der Waals surface area contributed by atoms with E-state index < -0.39 is 18.6 Å². The lowest BCUT2D eigenvalue weighted by atomic mass is 10.4. The second-order valence-electron chi connectivity index (χ2n) is 4.60. The first-order chi connectivity index (χ1) is 10.6. The van der Waals surface area contributed by atoms with E-state index in [0.717, 1.165) is 10.7 Å². The number of pyridine rings is 1. The Morgan fingerprint density at radius 2 is 2.32 bits per heavy atom. The van der Waals surface area contributed by atoms with Crippen LogP contribution in [0.4, 0.5) is 14.5 Å². The Bertz CT molecular complexity index is 663. The third-order valence-electron chi connectivity index (χ3n) is 3.01. The van der Waals surface area contributed by atoms with Gasteiger partial charge in [0, 0.05) is 19.4 Å². The molecular weight excluding hydrogens is 312 g/mol. The Labute approximate surface area is 129 Å². The van der Waals surface area contributed by atoms with Gasteiger partial charge in [-0.1, -0.05) is 0 Å². The highest BCUT2D eigenvalue weighted by Crippen LogP contribution is 2.27. The van der Waals surface area contributed by atoms with Gasteiger partial charge < -0.3 is 9.64 Å². The molecule has 3 heterocycles. The van der Waals surface area contributed by atoms with Gasteiger partial charge in [0.1, 0.15) is 5.01 Å². The number of nitrogens with one attached hydrogen (secondary N) is 1. The molecule has 0 saturated heterocycles. The minimum Gasteiger partial charge on any atom is -0.445 e. The quantitative estimate of drug-likeness (QED) is 0.914. The maximum Gasteiger partial charge on any atom is 0.314 e. The number of aromatic nitrogens is 2. The van der Waals surface area contributed by atoms with Crippen molar-refractivity contribution < 1.29 is 13.5 Å². The lowest BCUT2D eigenvalue weighted by Gasteiger charge is -2.16. The van der Waals surface area contributed by atoms with E-state index in [2.05, 4.69) is 20.5 Å². The second-order valence-corrected chi connectivity index (χ2v) is 5.75. The molecule has 2 aromatic heterocycles. The maximum atomic E-state index is 12.5. The molecule has 3 rings (SSSR count). The molecule has 1 aliphatic heterocycles. The summed E-state index contributed by atoms with van der Waals surface area (Å²) < 4.78 is 30.0. The summed E-state index contributed by atoms with van der Waals surface area (Å²) in [5.74, 6) is -0.590. The molecule has 9 heteroatoms. The van der Waals surface area contributed by atoms with E-state index in [1.165, 1.54) is 11.3 Å². The number of anilines is 1. The fraction of sp³-hybridized carbons (Fsp3) is 0.308. The molecule has 2 aromatic rings. The molecule has 0 radical (unpaired) electrons. The van der Waals surface area contributed by atoms with Crippen LogP contribution in [0.25, 0.3) is 0 Å². The second kappa shape index (κ2) is 6.22. The van der Waals surface area contributed by atoms with Gasteiger partial charge in [-0.3, -0.25) is 10.4 Å². The number of halogens is 2. The SMILES string of the molecule is CN(Cc1ncc(C2NN=C(C(F)F)O2)s1)c1cccnc1. The molecule has 0 amide bonds. The summed E-state index contributed by atoms with van der Waals surface area (Å²) >= 11 is 1.39. The van der Waals surface area contributed by atoms with Crippen LogP contribution in [0.15, 0.2) is 35.8 Å². The summed E-state index contributed by atoms with van der Waals surface area (Å²) in [6.45, 7) is 0.589. The van der Waals surface area contributed by atoms with E-state index in [1.807, 2.05) is 24.1 Å². The fourth-order valence-corrected chi connectivity index (χ4v) is 2.86. The van der Waals surface area contributed by atoms with Crippen LogP contribution < -0.4 is 10.3 Å². The zero-order valence-electron chi connectivity index (χ0n) is 11.6. The number of hydrazone groups is 1. The highest BCUT2D eigenvalue weighted by molar-refractivity contribution is 7.11. The molecule has 0 spiro atoms. The van der Waals surface area contributed by atoms with Crippen LogP contribution in [0.2, 0.25) is 0 Å². The Balaban J connectivity index is 1.63. The van der Waals surface area contributed by atoms with Crippen LogP contribution in [0.5, 0.6) is 0 Å². The Kier molecular flexibility index (Phi) is 4.14. The summed E-state index contributed by atoms with van der Waals surface area (Å²) in [5, 5.41) is 4.31. The van der Waals surface area contributed by atoms with Crippen molar-refractivity contribution in [2.75, 3.05) is 11.9 Å². The fourth-order valence-electron chi connectivity index (χ4n) is 1.91. The molecule has 0 aromatic carbocycles. The van der Waals surface area contributed by atoms with Crippen LogP contribution in [-0.4, -0.2) is 29.3 Å². The number of rotatable bonds is 5. The summed E-state index contributed by atoms with van der Waals surface area (Å²) in [4.78, 5) is 11.1. The van der Waals surface area contributed by atoms with Gasteiger partial charge in [-0.05, 0) is 12.1 Å². The topological polar surface area (TPSA) is 62.6 Å². The number of hydrogen-bond acceptors (Lipinski definition) is 7. The van der Waals surface area contributed by atoms with E-state index in [0.29, 0.717) is 11.4 Å². The van der Waals surface area contributed by atoms with E-state index >= 15 is 0 Å². The molecule has 0 saturated carbocycles. The molecule has 0 bridgehead atoms. The number of ether oxygens (including phenoxy) is 1. The maximum absolute atomic E-state index is 12.5. The van der Waals surface area contributed by atoms with Gasteiger partial charge >= 0.3 is 6.43 Å². The number of hydrogen-bond donors (Lipinski definition) is 1. The van der Waals surface area contributed by atoms with Crippen molar-refractivity contribution in [1.82, 2.24) is 15.4 Å². The van der Waals surface area contributed by atoms with Gasteiger partial charge in [0.05, 0.1) is 23.3 Å². The predicted molar refractivity (Wildman–Crippen MR) is 78.9 cm³/mol. The largest absolute Gasteiger partial charge is 0.445 e. The molecule has 6 nitrogen and oxygen atoms in total. The summed E-state index contributed by atoms with van der Waals surface area (Å²) in [7, 11) is 1.93. The average molecular weight is 325 g/mol. The molecule has 1 N–H and O–H groups in total. The van der Waals surface area contributed by atoms with E-state index in [4.69, 9.17) is 4.74 Å². The summed E-state index contributed by atoms with van der Waals surface area (Å²) in [6, 6.07) is 3.81. The number of thiazole rings is 1. The van der Waals surface area contributed by atoms with Crippen molar-refractivity contribution in [3.63, 3.8) is 0 Å². The third kappa shape index (κ3) is 3.14. The van der Waals surface area contributed by atoms with Crippen LogP contribution in [0.1, 0.15) is 16.1 Å². The first-order valence-corrected chi connectivity index (χ1v) is 7.29. The number of alkyl halides is 2. The van der Waals surface area contributed by atoms with Gasteiger partial charge in [-0.2, -0.15) is 8.78 Å².